The Morgan fingerprint density at radius 2 is 0.852 bits per heavy atom. The molecule has 1 amide bonds. The Labute approximate surface area is 335 Å². The van der Waals surface area contributed by atoms with Crippen molar-refractivity contribution in [2.45, 2.75) is 264 Å². The summed E-state index contributed by atoms with van der Waals surface area (Å²) in [5.74, 6) is -0.155. The van der Waals surface area contributed by atoms with E-state index >= 15 is 0 Å². The molecule has 0 heterocycles. The summed E-state index contributed by atoms with van der Waals surface area (Å²) in [7, 11) is -4.31. The molecule has 0 aromatic carbocycles. The standard InChI is InChI=1S/C45H93N2O6P/c1-3-5-7-9-11-13-15-17-19-20-21-22-23-25-27-29-31-33-35-37-39-45(49)47-43(42-53-54(50,51)52-41-40-46)44(48)38-36-34-32-30-28-26-24-18-16-14-12-10-8-6-4-2/h43-44,48H,3-42,46H2,1-2H3,(H,47,49)(H,50,51). The first-order valence-electron chi connectivity index (χ1n) is 23.7. The molecule has 0 saturated carbocycles. The van der Waals surface area contributed by atoms with E-state index in [9.17, 15) is 19.4 Å². The second-order valence-electron chi connectivity index (χ2n) is 16.3. The van der Waals surface area contributed by atoms with Gasteiger partial charge in [0.2, 0.25) is 5.91 Å². The average molecular weight is 789 g/mol. The molecule has 0 radical (unpaired) electrons. The minimum atomic E-state index is -4.31. The van der Waals surface area contributed by atoms with Crippen molar-refractivity contribution in [3.05, 3.63) is 0 Å². The molecule has 54 heavy (non-hydrogen) atoms. The number of hydrogen-bond acceptors (Lipinski definition) is 6. The predicted octanol–water partition coefficient (Wildman–Crippen LogP) is 13.4. The highest BCUT2D eigenvalue weighted by Gasteiger charge is 2.27. The van der Waals surface area contributed by atoms with E-state index in [2.05, 4.69) is 19.2 Å². The van der Waals surface area contributed by atoms with Gasteiger partial charge in [0, 0.05) is 13.0 Å². The van der Waals surface area contributed by atoms with E-state index in [0.29, 0.717) is 12.8 Å². The van der Waals surface area contributed by atoms with Gasteiger partial charge in [-0.15, -0.1) is 0 Å². The Morgan fingerprint density at radius 1 is 0.537 bits per heavy atom. The lowest BCUT2D eigenvalue weighted by Crippen LogP contribution is -2.46. The van der Waals surface area contributed by atoms with Crippen molar-refractivity contribution in [2.24, 2.45) is 5.73 Å². The van der Waals surface area contributed by atoms with Gasteiger partial charge in [0.05, 0.1) is 25.4 Å². The quantitative estimate of drug-likeness (QED) is 0.0357. The fourth-order valence-corrected chi connectivity index (χ4v) is 8.13. The summed E-state index contributed by atoms with van der Waals surface area (Å²) in [4.78, 5) is 22.8. The maximum Gasteiger partial charge on any atom is 0.472 e. The Kier molecular flexibility index (Phi) is 41.7. The van der Waals surface area contributed by atoms with E-state index in [0.717, 1.165) is 38.5 Å². The molecule has 0 aliphatic heterocycles. The third-order valence-electron chi connectivity index (χ3n) is 11.0. The van der Waals surface area contributed by atoms with Gasteiger partial charge in [-0.05, 0) is 12.8 Å². The van der Waals surface area contributed by atoms with Crippen LogP contribution in [0.3, 0.4) is 0 Å². The third kappa shape index (κ3) is 39.7. The number of unbranched alkanes of at least 4 members (excludes halogenated alkanes) is 33. The molecule has 0 aromatic heterocycles. The molecular formula is C45H93N2O6P. The zero-order valence-corrected chi connectivity index (χ0v) is 36.9. The van der Waals surface area contributed by atoms with Gasteiger partial charge >= 0.3 is 7.82 Å². The Morgan fingerprint density at radius 3 is 1.19 bits per heavy atom. The third-order valence-corrected chi connectivity index (χ3v) is 11.9. The van der Waals surface area contributed by atoms with Crippen LogP contribution in [0.25, 0.3) is 0 Å². The van der Waals surface area contributed by atoms with Crippen molar-refractivity contribution in [1.29, 1.82) is 0 Å². The van der Waals surface area contributed by atoms with Crippen molar-refractivity contribution in [1.82, 2.24) is 5.32 Å². The van der Waals surface area contributed by atoms with Crippen LogP contribution in [-0.2, 0) is 18.4 Å². The van der Waals surface area contributed by atoms with Crippen LogP contribution in [0.1, 0.15) is 251 Å². The first kappa shape index (κ1) is 53.5. The van der Waals surface area contributed by atoms with Gasteiger partial charge < -0.3 is 21.1 Å². The van der Waals surface area contributed by atoms with Gasteiger partial charge in [0.25, 0.3) is 0 Å². The Bertz CT molecular complexity index is 819. The molecule has 0 spiro atoms. The predicted molar refractivity (Wildman–Crippen MR) is 231 cm³/mol. The molecule has 0 fully saturated rings. The minimum absolute atomic E-state index is 0.0926. The van der Waals surface area contributed by atoms with E-state index in [1.165, 1.54) is 186 Å². The highest BCUT2D eigenvalue weighted by atomic mass is 31.2. The zero-order chi connectivity index (χ0) is 39.6. The number of rotatable bonds is 45. The van der Waals surface area contributed by atoms with E-state index < -0.39 is 20.0 Å². The monoisotopic (exact) mass is 789 g/mol. The lowest BCUT2D eigenvalue weighted by molar-refractivity contribution is -0.123. The molecule has 0 aliphatic carbocycles. The number of carbonyl (C=O) groups excluding carboxylic acids is 1. The fourth-order valence-electron chi connectivity index (χ4n) is 7.37. The van der Waals surface area contributed by atoms with Crippen LogP contribution in [0.4, 0.5) is 0 Å². The molecule has 0 bridgehead atoms. The lowest BCUT2D eigenvalue weighted by atomic mass is 10.0. The van der Waals surface area contributed by atoms with Crippen LogP contribution in [0, 0.1) is 0 Å². The molecule has 0 aromatic rings. The van der Waals surface area contributed by atoms with E-state index in [1.54, 1.807) is 0 Å². The molecule has 0 aliphatic rings. The maximum atomic E-state index is 12.8. The normalized spacial score (nSPS) is 13.9. The summed E-state index contributed by atoms with van der Waals surface area (Å²) in [6.45, 7) is 4.25. The fraction of sp³-hybridized carbons (Fsp3) is 0.978. The van der Waals surface area contributed by atoms with Crippen LogP contribution in [0.15, 0.2) is 0 Å². The number of aliphatic hydroxyl groups excluding tert-OH is 1. The van der Waals surface area contributed by atoms with Crippen molar-refractivity contribution >= 4 is 13.7 Å². The van der Waals surface area contributed by atoms with Crippen LogP contribution in [0.2, 0.25) is 0 Å². The number of phosphoric acid groups is 1. The first-order chi connectivity index (χ1) is 26.4. The number of carbonyl (C=O) groups is 1. The highest BCUT2D eigenvalue weighted by molar-refractivity contribution is 7.47. The van der Waals surface area contributed by atoms with Crippen LogP contribution < -0.4 is 11.1 Å². The molecule has 324 valence electrons. The molecule has 5 N–H and O–H groups in total. The van der Waals surface area contributed by atoms with Gasteiger partial charge in [0.15, 0.2) is 0 Å². The molecule has 0 saturated heterocycles. The van der Waals surface area contributed by atoms with Crippen molar-refractivity contribution in [3.8, 4) is 0 Å². The minimum Gasteiger partial charge on any atom is -0.391 e. The molecule has 9 heteroatoms. The number of aliphatic hydroxyl groups is 1. The molecule has 0 rings (SSSR count). The first-order valence-corrected chi connectivity index (χ1v) is 25.1. The number of amides is 1. The van der Waals surface area contributed by atoms with E-state index in [-0.39, 0.29) is 25.7 Å². The van der Waals surface area contributed by atoms with Crippen LogP contribution in [-0.4, -0.2) is 47.8 Å². The second-order valence-corrected chi connectivity index (χ2v) is 17.8. The summed E-state index contributed by atoms with van der Waals surface area (Å²) in [6, 6.07) is -0.767. The second kappa shape index (κ2) is 42.1. The zero-order valence-electron chi connectivity index (χ0n) is 36.0. The Hall–Kier alpha value is -0.500. The van der Waals surface area contributed by atoms with Gasteiger partial charge in [-0.3, -0.25) is 13.8 Å². The van der Waals surface area contributed by atoms with Crippen molar-refractivity contribution < 1.29 is 28.4 Å². The summed E-state index contributed by atoms with van der Waals surface area (Å²) in [5, 5.41) is 13.8. The van der Waals surface area contributed by atoms with Gasteiger partial charge in [-0.25, -0.2) is 4.57 Å². The topological polar surface area (TPSA) is 131 Å². The molecular weight excluding hydrogens is 695 g/mol. The van der Waals surface area contributed by atoms with Crippen molar-refractivity contribution in [2.75, 3.05) is 19.8 Å². The van der Waals surface area contributed by atoms with Gasteiger partial charge in [-0.1, -0.05) is 232 Å². The van der Waals surface area contributed by atoms with Gasteiger partial charge in [0.1, 0.15) is 0 Å². The summed E-state index contributed by atoms with van der Waals surface area (Å²) >= 11 is 0. The summed E-state index contributed by atoms with van der Waals surface area (Å²) in [6.07, 6.45) is 45.4. The number of nitrogens with one attached hydrogen (secondary N) is 1. The van der Waals surface area contributed by atoms with Gasteiger partial charge in [-0.2, -0.15) is 0 Å². The SMILES string of the molecule is CCCCCCCCCCCCCCCCCCCCCCC(=O)NC(COP(=O)(O)OCCN)C(O)CCCCCCCCCCCCCCCCC. The van der Waals surface area contributed by atoms with Crippen LogP contribution in [0.5, 0.6) is 0 Å². The number of hydrogen-bond donors (Lipinski definition) is 4. The average Bonchev–Trinajstić information content (AvgIpc) is 3.16. The largest absolute Gasteiger partial charge is 0.472 e. The summed E-state index contributed by atoms with van der Waals surface area (Å²) < 4.78 is 22.2. The Balaban J connectivity index is 4.04. The van der Waals surface area contributed by atoms with Crippen LogP contribution >= 0.6 is 7.82 Å². The van der Waals surface area contributed by atoms with E-state index in [1.807, 2.05) is 0 Å². The number of nitrogens with two attached hydrogens (primary N) is 1. The highest BCUT2D eigenvalue weighted by Crippen LogP contribution is 2.43. The maximum absolute atomic E-state index is 12.8. The molecule has 8 nitrogen and oxygen atoms in total. The number of phosphoric ester groups is 1. The summed E-state index contributed by atoms with van der Waals surface area (Å²) in [5.41, 5.74) is 5.39. The van der Waals surface area contributed by atoms with Crippen molar-refractivity contribution in [3.63, 3.8) is 0 Å². The lowest BCUT2D eigenvalue weighted by Gasteiger charge is -2.25. The smallest absolute Gasteiger partial charge is 0.391 e. The van der Waals surface area contributed by atoms with E-state index in [4.69, 9.17) is 14.8 Å². The molecule has 3 atom stereocenters. The molecule has 3 unspecified atom stereocenters.